The van der Waals surface area contributed by atoms with Crippen molar-refractivity contribution in [2.45, 2.75) is 29.8 Å². The Bertz CT molecular complexity index is 1100. The third kappa shape index (κ3) is 5.44. The molecule has 2 aromatic rings. The van der Waals surface area contributed by atoms with Gasteiger partial charge in [-0.25, -0.2) is 12.8 Å². The van der Waals surface area contributed by atoms with E-state index in [1.54, 1.807) is 7.05 Å². The number of rotatable bonds is 5. The second-order valence-electron chi connectivity index (χ2n) is 7.24. The Kier molecular flexibility index (Phi) is 6.35. The van der Waals surface area contributed by atoms with Crippen LogP contribution in [0.2, 0.25) is 0 Å². The second kappa shape index (κ2) is 8.43. The number of ether oxygens (including phenoxy) is 1. The molecule has 1 saturated heterocycles. The fraction of sp³-hybridized carbons (Fsp3) is 0.368. The van der Waals surface area contributed by atoms with E-state index < -0.39 is 56.1 Å². The quantitative estimate of drug-likeness (QED) is 0.620. The molecule has 176 valence electrons. The van der Waals surface area contributed by atoms with Gasteiger partial charge in [0.1, 0.15) is 17.7 Å². The van der Waals surface area contributed by atoms with Crippen LogP contribution in [-0.4, -0.2) is 39.6 Å². The molecule has 1 heterocycles. The Labute approximate surface area is 178 Å². The summed E-state index contributed by atoms with van der Waals surface area (Å²) >= 11 is 0. The first kappa shape index (κ1) is 24.1. The molecule has 1 atom stereocenters. The highest BCUT2D eigenvalue weighted by molar-refractivity contribution is 7.92. The first-order chi connectivity index (χ1) is 14.7. The minimum atomic E-state index is -5.14. The lowest BCUT2D eigenvalue weighted by Crippen LogP contribution is -2.23. The normalized spacial score (nSPS) is 18.1. The van der Waals surface area contributed by atoms with Gasteiger partial charge in [0, 0.05) is 19.2 Å². The number of alkyl halides is 6. The molecule has 32 heavy (non-hydrogen) atoms. The first-order valence-corrected chi connectivity index (χ1v) is 10.6. The average Bonchev–Trinajstić information content (AvgIpc) is 3.04. The summed E-state index contributed by atoms with van der Waals surface area (Å²) in [6.07, 6.45) is -10.0. The van der Waals surface area contributed by atoms with Crippen molar-refractivity contribution in [2.75, 3.05) is 24.9 Å². The lowest BCUT2D eigenvalue weighted by atomic mass is 10.1. The summed E-state index contributed by atoms with van der Waals surface area (Å²) in [6, 6.07) is 3.29. The van der Waals surface area contributed by atoms with E-state index in [4.69, 9.17) is 4.74 Å². The zero-order chi connectivity index (χ0) is 23.9. The van der Waals surface area contributed by atoms with E-state index in [0.29, 0.717) is 37.7 Å². The number of benzene rings is 2. The van der Waals surface area contributed by atoms with Crippen LogP contribution in [-0.2, 0) is 22.4 Å². The van der Waals surface area contributed by atoms with Crippen molar-refractivity contribution < 1.29 is 43.9 Å². The van der Waals surface area contributed by atoms with Crippen LogP contribution in [0.3, 0.4) is 0 Å². The molecule has 0 radical (unpaired) electrons. The Balaban J connectivity index is 1.93. The molecule has 1 aliphatic rings. The fourth-order valence-electron chi connectivity index (χ4n) is 3.19. The molecule has 0 aliphatic carbocycles. The van der Waals surface area contributed by atoms with E-state index in [0.717, 1.165) is 12.1 Å². The summed E-state index contributed by atoms with van der Waals surface area (Å²) in [6.45, 7) is 0.966. The molecule has 13 heteroatoms. The summed E-state index contributed by atoms with van der Waals surface area (Å²) in [5, 5.41) is 0. The summed E-state index contributed by atoms with van der Waals surface area (Å²) < 4.78 is 125. The van der Waals surface area contributed by atoms with Gasteiger partial charge in [-0.05, 0) is 43.8 Å². The predicted molar refractivity (Wildman–Crippen MR) is 100 cm³/mol. The van der Waals surface area contributed by atoms with Crippen LogP contribution in [0.1, 0.15) is 17.5 Å². The topological polar surface area (TPSA) is 58.6 Å². The van der Waals surface area contributed by atoms with Crippen LogP contribution in [0.15, 0.2) is 41.3 Å². The molecule has 1 aliphatic heterocycles. The summed E-state index contributed by atoms with van der Waals surface area (Å²) in [5.41, 5.74) is -3.28. The number of nitrogens with zero attached hydrogens (tertiary/aromatic N) is 1. The number of halogens is 7. The number of likely N-dealkylation sites (tertiary alicyclic amines) is 1. The van der Waals surface area contributed by atoms with E-state index >= 15 is 0 Å². The van der Waals surface area contributed by atoms with Crippen molar-refractivity contribution >= 4 is 15.7 Å². The third-order valence-corrected chi connectivity index (χ3v) is 6.11. The van der Waals surface area contributed by atoms with Gasteiger partial charge in [0.25, 0.3) is 10.0 Å². The SMILES string of the molecule is CN1CC[C@@H](Oc2cc(NS(=O)(=O)c3ccc(F)c(C(F)(F)F)c3)ccc2C(F)(F)F)C1. The van der Waals surface area contributed by atoms with Gasteiger partial charge < -0.3 is 9.64 Å². The van der Waals surface area contributed by atoms with Crippen molar-refractivity contribution in [2.24, 2.45) is 0 Å². The first-order valence-electron chi connectivity index (χ1n) is 9.13. The second-order valence-corrected chi connectivity index (χ2v) is 8.93. The number of anilines is 1. The Morgan fingerprint density at radius 3 is 2.22 bits per heavy atom. The summed E-state index contributed by atoms with van der Waals surface area (Å²) in [5.74, 6) is -2.28. The standard InChI is InChI=1S/C19H17F7N2O3S/c1-28-7-6-12(10-28)31-17-8-11(2-4-14(17)18(21,22)23)27-32(29,30)13-3-5-16(20)15(9-13)19(24,25)26/h2-5,8-9,12,27H,6-7,10H2,1H3/t12-/m1/s1. The van der Waals surface area contributed by atoms with Gasteiger partial charge in [0.2, 0.25) is 0 Å². The third-order valence-electron chi connectivity index (χ3n) is 4.73. The minimum Gasteiger partial charge on any atom is -0.488 e. The van der Waals surface area contributed by atoms with E-state index in [2.05, 4.69) is 0 Å². The Morgan fingerprint density at radius 1 is 1.00 bits per heavy atom. The number of hydrogen-bond acceptors (Lipinski definition) is 4. The van der Waals surface area contributed by atoms with E-state index in [1.807, 2.05) is 9.62 Å². The number of likely N-dealkylation sites (N-methyl/N-ethyl adjacent to an activating group) is 1. The van der Waals surface area contributed by atoms with Gasteiger partial charge >= 0.3 is 12.4 Å². The zero-order valence-corrected chi connectivity index (χ0v) is 17.2. The highest BCUT2D eigenvalue weighted by atomic mass is 32.2. The maximum Gasteiger partial charge on any atom is 0.419 e. The van der Waals surface area contributed by atoms with Crippen LogP contribution in [0.4, 0.5) is 36.4 Å². The molecule has 3 rings (SSSR count). The molecule has 1 N–H and O–H groups in total. The summed E-state index contributed by atoms with van der Waals surface area (Å²) in [7, 11) is -2.92. The molecular weight excluding hydrogens is 469 g/mol. The van der Waals surface area contributed by atoms with Gasteiger partial charge in [-0.2, -0.15) is 26.3 Å². The predicted octanol–water partition coefficient (Wildman–Crippen LogP) is 4.75. The highest BCUT2D eigenvalue weighted by Crippen LogP contribution is 2.39. The van der Waals surface area contributed by atoms with E-state index in [9.17, 15) is 39.2 Å². The number of hydrogen-bond donors (Lipinski definition) is 1. The van der Waals surface area contributed by atoms with Crippen LogP contribution in [0.25, 0.3) is 0 Å². The molecule has 0 bridgehead atoms. The van der Waals surface area contributed by atoms with Gasteiger partial charge in [0.05, 0.1) is 21.7 Å². The number of sulfonamides is 1. The molecule has 5 nitrogen and oxygen atoms in total. The van der Waals surface area contributed by atoms with E-state index in [-0.39, 0.29) is 11.8 Å². The largest absolute Gasteiger partial charge is 0.488 e. The Morgan fingerprint density at radius 2 is 1.66 bits per heavy atom. The van der Waals surface area contributed by atoms with Gasteiger partial charge in [-0.1, -0.05) is 0 Å². The average molecular weight is 486 g/mol. The molecule has 0 spiro atoms. The molecule has 0 amide bonds. The molecule has 0 saturated carbocycles. The molecule has 0 unspecified atom stereocenters. The molecule has 2 aromatic carbocycles. The van der Waals surface area contributed by atoms with Crippen molar-refractivity contribution in [3.63, 3.8) is 0 Å². The minimum absolute atomic E-state index is 0.105. The van der Waals surface area contributed by atoms with Crippen LogP contribution in [0, 0.1) is 5.82 Å². The molecule has 1 fully saturated rings. The van der Waals surface area contributed by atoms with Gasteiger partial charge in [-0.15, -0.1) is 0 Å². The van der Waals surface area contributed by atoms with Crippen LogP contribution in [0.5, 0.6) is 5.75 Å². The lowest BCUT2D eigenvalue weighted by Gasteiger charge is -2.19. The van der Waals surface area contributed by atoms with E-state index in [1.165, 1.54) is 0 Å². The van der Waals surface area contributed by atoms with Crippen molar-refractivity contribution in [1.82, 2.24) is 4.90 Å². The Hall–Kier alpha value is -2.54. The van der Waals surface area contributed by atoms with Crippen molar-refractivity contribution in [3.8, 4) is 5.75 Å². The van der Waals surface area contributed by atoms with Crippen molar-refractivity contribution in [1.29, 1.82) is 0 Å². The number of nitrogens with one attached hydrogen (secondary N) is 1. The molecule has 0 aromatic heterocycles. The van der Waals surface area contributed by atoms with Crippen LogP contribution >= 0.6 is 0 Å². The lowest BCUT2D eigenvalue weighted by molar-refractivity contribution is -0.140. The zero-order valence-electron chi connectivity index (χ0n) is 16.4. The fourth-order valence-corrected chi connectivity index (χ4v) is 4.27. The maximum atomic E-state index is 13.4. The smallest absolute Gasteiger partial charge is 0.419 e. The van der Waals surface area contributed by atoms with Crippen LogP contribution < -0.4 is 9.46 Å². The monoisotopic (exact) mass is 486 g/mol. The van der Waals surface area contributed by atoms with Crippen molar-refractivity contribution in [3.05, 3.63) is 53.3 Å². The maximum absolute atomic E-state index is 13.4. The highest BCUT2D eigenvalue weighted by Gasteiger charge is 2.37. The van der Waals surface area contributed by atoms with Gasteiger partial charge in [0.15, 0.2) is 0 Å². The molecular formula is C19H17F7N2O3S. The van der Waals surface area contributed by atoms with Gasteiger partial charge in [-0.3, -0.25) is 4.72 Å². The summed E-state index contributed by atoms with van der Waals surface area (Å²) in [4.78, 5) is 0.933.